The Kier molecular flexibility index (Phi) is 7.27. The normalized spacial score (nSPS) is 12.4. The minimum atomic E-state index is -5.96. The van der Waals surface area contributed by atoms with E-state index >= 15 is 0 Å². The van der Waals surface area contributed by atoms with Crippen LogP contribution in [0.15, 0.2) is 48.7 Å². The number of rotatable bonds is 9. The molecule has 7 nitrogen and oxygen atoms in total. The first-order chi connectivity index (χ1) is 16.9. The molecule has 0 fully saturated rings. The highest BCUT2D eigenvalue weighted by molar-refractivity contribution is 7.50. The Morgan fingerprint density at radius 3 is 2.56 bits per heavy atom. The van der Waals surface area contributed by atoms with Crippen LogP contribution < -0.4 is 20.3 Å². The number of halogens is 2. The van der Waals surface area contributed by atoms with E-state index in [2.05, 4.69) is 16.0 Å². The largest absolute Gasteiger partial charge is 0.807 e. The quantitative estimate of drug-likeness (QED) is 0.199. The fraction of sp³-hybridized carbons (Fsp3) is 0.308. The Morgan fingerprint density at radius 2 is 1.83 bits per heavy atom. The Balaban J connectivity index is 1.41. The van der Waals surface area contributed by atoms with E-state index in [1.54, 1.807) is 12.1 Å². The van der Waals surface area contributed by atoms with Crippen molar-refractivity contribution in [3.05, 3.63) is 70.9 Å². The Morgan fingerprint density at radius 1 is 1.06 bits per heavy atom. The summed E-state index contributed by atoms with van der Waals surface area (Å²) in [5, 5.41) is 1.97. The van der Waals surface area contributed by atoms with Crippen molar-refractivity contribution in [2.24, 2.45) is 0 Å². The molecule has 2 N–H and O–H groups in total. The first-order valence-corrected chi connectivity index (χ1v) is 13.1. The maximum atomic E-state index is 13.2. The number of anilines is 1. The fourth-order valence-electron chi connectivity index (χ4n) is 4.13. The van der Waals surface area contributed by atoms with Crippen molar-refractivity contribution in [1.82, 2.24) is 9.97 Å². The number of hydrogen-bond acceptors (Lipinski definition) is 7. The molecule has 0 aliphatic carbocycles. The van der Waals surface area contributed by atoms with Crippen molar-refractivity contribution in [2.75, 3.05) is 12.3 Å². The molecule has 4 rings (SSSR count). The van der Waals surface area contributed by atoms with Crippen LogP contribution in [0.5, 0.6) is 5.75 Å². The van der Waals surface area contributed by atoms with E-state index < -0.39 is 19.7 Å². The van der Waals surface area contributed by atoms with E-state index in [1.807, 2.05) is 44.3 Å². The average molecular weight is 513 g/mol. The van der Waals surface area contributed by atoms with E-state index in [0.717, 1.165) is 51.4 Å². The third-order valence-electron chi connectivity index (χ3n) is 6.16. The Hall–Kier alpha value is -3.13. The number of benzene rings is 2. The number of pyridine rings is 2. The third kappa shape index (κ3) is 5.64. The van der Waals surface area contributed by atoms with Gasteiger partial charge in [0.2, 0.25) is 0 Å². The molecule has 36 heavy (non-hydrogen) atoms. The lowest BCUT2D eigenvalue weighted by atomic mass is 9.99. The molecule has 0 bridgehead atoms. The minimum absolute atomic E-state index is 0.122. The van der Waals surface area contributed by atoms with Gasteiger partial charge in [0.15, 0.2) is 5.82 Å². The molecule has 0 saturated heterocycles. The minimum Gasteiger partial charge on any atom is -0.807 e. The zero-order valence-electron chi connectivity index (χ0n) is 20.0. The Labute approximate surface area is 207 Å². The first kappa shape index (κ1) is 25.9. The smallest absolute Gasteiger partial charge is 0.272 e. The van der Waals surface area contributed by atoms with Crippen LogP contribution in [-0.2, 0) is 17.4 Å². The van der Waals surface area contributed by atoms with Crippen LogP contribution >= 0.6 is 7.60 Å². The predicted molar refractivity (Wildman–Crippen MR) is 132 cm³/mol. The first-order valence-electron chi connectivity index (χ1n) is 11.5. The molecule has 0 aliphatic rings. The lowest BCUT2D eigenvalue weighted by Crippen LogP contribution is -2.31. The molecule has 0 amide bonds. The molecule has 0 unspecified atom stereocenters. The van der Waals surface area contributed by atoms with Crippen LogP contribution in [0.4, 0.5) is 14.6 Å². The Bertz CT molecular complexity index is 1470. The number of fused-ring (bicyclic) bond motifs is 3. The van der Waals surface area contributed by atoms with Gasteiger partial charge in [-0.15, -0.1) is 0 Å². The molecule has 0 radical (unpaired) electrons. The van der Waals surface area contributed by atoms with Crippen LogP contribution in [0.2, 0.25) is 0 Å². The summed E-state index contributed by atoms with van der Waals surface area (Å²) < 4.78 is 42.5. The molecule has 4 aromatic rings. The number of aromatic nitrogens is 2. The van der Waals surface area contributed by atoms with Crippen molar-refractivity contribution >= 4 is 35.2 Å². The SMILES string of the molecule is Cc1ccc2c(c1)nc(N)c1ncc(CCc3ccc(OCCCC(F)(F)P(=O)([O-])[O-])cc3C)cc12. The second-order valence-corrected chi connectivity index (χ2v) is 10.6. The molecular formula is C26H26F2N3O4P-2. The van der Waals surface area contributed by atoms with Gasteiger partial charge in [-0.05, 0) is 79.6 Å². The number of nitrogens with two attached hydrogens (primary N) is 1. The lowest BCUT2D eigenvalue weighted by molar-refractivity contribution is -0.334. The predicted octanol–water partition coefficient (Wildman–Crippen LogP) is 4.43. The van der Waals surface area contributed by atoms with E-state index in [4.69, 9.17) is 10.5 Å². The van der Waals surface area contributed by atoms with E-state index in [-0.39, 0.29) is 13.0 Å². The van der Waals surface area contributed by atoms with Gasteiger partial charge in [-0.3, -0.25) is 4.98 Å². The van der Waals surface area contributed by atoms with Crippen LogP contribution in [0.3, 0.4) is 0 Å². The second kappa shape index (κ2) is 10.1. The molecular weight excluding hydrogens is 487 g/mol. The topological polar surface area (TPSA) is 124 Å². The highest BCUT2D eigenvalue weighted by Crippen LogP contribution is 2.48. The second-order valence-electron chi connectivity index (χ2n) is 8.96. The number of aryl methyl sites for hydroxylation is 4. The summed E-state index contributed by atoms with van der Waals surface area (Å²) in [6, 6.07) is 13.6. The number of ether oxygens (including phenoxy) is 1. The molecule has 190 valence electrons. The highest BCUT2D eigenvalue weighted by atomic mass is 31.2. The summed E-state index contributed by atoms with van der Waals surface area (Å²) in [5.74, 6) is 0.893. The number of nitrogen functional groups attached to an aromatic ring is 1. The molecule has 0 aliphatic heterocycles. The summed E-state index contributed by atoms with van der Waals surface area (Å²) in [6.07, 6.45) is 1.99. The maximum absolute atomic E-state index is 13.2. The van der Waals surface area contributed by atoms with E-state index in [9.17, 15) is 23.1 Å². The van der Waals surface area contributed by atoms with Crippen LogP contribution in [0.1, 0.15) is 35.1 Å². The van der Waals surface area contributed by atoms with E-state index in [0.29, 0.717) is 17.1 Å². The number of alkyl halides is 2. The van der Waals surface area contributed by atoms with Crippen LogP contribution in [0.25, 0.3) is 21.8 Å². The van der Waals surface area contributed by atoms with Crippen molar-refractivity contribution in [3.8, 4) is 5.75 Å². The standard InChI is InChI=1S/C26H28F2N3O4P/c1-16-4-9-21-22-14-18(15-30-24(22)25(29)31-23(21)12-16)5-6-19-7-8-20(13-17(19)2)35-11-3-10-26(27,28)36(32,33)34/h4,7-9,12-15H,3,5-6,10-11H2,1-2H3,(H2,29,31)(H2,32,33,34)/p-2. The van der Waals surface area contributed by atoms with Gasteiger partial charge in [0.05, 0.1) is 12.1 Å². The fourth-order valence-corrected chi connectivity index (χ4v) is 4.56. The van der Waals surface area contributed by atoms with Crippen LogP contribution in [0, 0.1) is 13.8 Å². The lowest BCUT2D eigenvalue weighted by Gasteiger charge is -2.37. The van der Waals surface area contributed by atoms with Gasteiger partial charge >= 0.3 is 0 Å². The van der Waals surface area contributed by atoms with Crippen molar-refractivity contribution in [1.29, 1.82) is 0 Å². The molecule has 2 aromatic carbocycles. The van der Waals surface area contributed by atoms with Crippen molar-refractivity contribution < 1.29 is 27.9 Å². The van der Waals surface area contributed by atoms with Crippen molar-refractivity contribution in [2.45, 2.75) is 45.2 Å². The summed E-state index contributed by atoms with van der Waals surface area (Å²) in [4.78, 5) is 30.2. The van der Waals surface area contributed by atoms with Gasteiger partial charge < -0.3 is 24.8 Å². The van der Waals surface area contributed by atoms with Gasteiger partial charge in [0, 0.05) is 31.0 Å². The zero-order chi connectivity index (χ0) is 26.1. The zero-order valence-corrected chi connectivity index (χ0v) is 20.9. The van der Waals surface area contributed by atoms with Crippen molar-refractivity contribution in [3.63, 3.8) is 0 Å². The number of nitrogens with zero attached hydrogens (tertiary/aromatic N) is 2. The number of hydrogen-bond donors (Lipinski definition) is 1. The van der Waals surface area contributed by atoms with Gasteiger partial charge in [-0.1, -0.05) is 18.2 Å². The highest BCUT2D eigenvalue weighted by Gasteiger charge is 2.32. The summed E-state index contributed by atoms with van der Waals surface area (Å²) >= 11 is 0. The molecule has 2 aromatic heterocycles. The molecule has 10 heteroatoms. The van der Waals surface area contributed by atoms with Gasteiger partial charge in [0.1, 0.15) is 11.3 Å². The average Bonchev–Trinajstić information content (AvgIpc) is 2.80. The summed E-state index contributed by atoms with van der Waals surface area (Å²) in [6.45, 7) is 3.82. The van der Waals surface area contributed by atoms with Gasteiger partial charge in [-0.25, -0.2) is 13.8 Å². The molecule has 0 atom stereocenters. The van der Waals surface area contributed by atoms with E-state index in [1.165, 1.54) is 0 Å². The summed E-state index contributed by atoms with van der Waals surface area (Å²) in [7, 11) is -5.96. The maximum Gasteiger partial charge on any atom is 0.272 e. The van der Waals surface area contributed by atoms with Gasteiger partial charge in [0.25, 0.3) is 5.66 Å². The molecule has 2 heterocycles. The third-order valence-corrected chi connectivity index (χ3v) is 7.18. The van der Waals surface area contributed by atoms with Crippen LogP contribution in [-0.4, -0.2) is 22.2 Å². The monoisotopic (exact) mass is 513 g/mol. The molecule has 0 spiro atoms. The van der Waals surface area contributed by atoms with Gasteiger partial charge in [-0.2, -0.15) is 0 Å². The molecule has 0 saturated carbocycles. The summed E-state index contributed by atoms with van der Waals surface area (Å²) in [5.41, 5.74) is 7.64.